The molecule has 1 fully saturated rings. The fourth-order valence-electron chi connectivity index (χ4n) is 2.45. The Kier molecular flexibility index (Phi) is 5.24. The lowest BCUT2D eigenvalue weighted by Crippen LogP contribution is -2.54. The Balaban J connectivity index is 2.03. The van der Waals surface area contributed by atoms with Crippen LogP contribution in [0.15, 0.2) is 48.0 Å². The van der Waals surface area contributed by atoms with Gasteiger partial charge in [0.1, 0.15) is 11.3 Å². The predicted octanol–water partition coefficient (Wildman–Crippen LogP) is 2.53. The summed E-state index contributed by atoms with van der Waals surface area (Å²) < 4.78 is 0.562. The van der Waals surface area contributed by atoms with Crippen molar-refractivity contribution in [3.63, 3.8) is 0 Å². The van der Waals surface area contributed by atoms with E-state index < -0.39 is 17.8 Å². The number of rotatable bonds is 3. The molecule has 1 aliphatic rings. The summed E-state index contributed by atoms with van der Waals surface area (Å²) in [5.41, 5.74) is 0.600. The summed E-state index contributed by atoms with van der Waals surface area (Å²) in [6, 6.07) is 10.3. The Morgan fingerprint density at radius 1 is 1.19 bits per heavy atom. The molecule has 1 aliphatic heterocycles. The van der Waals surface area contributed by atoms with Gasteiger partial charge >= 0.3 is 5.97 Å². The van der Waals surface area contributed by atoms with Crippen molar-refractivity contribution in [3.05, 3.63) is 62.7 Å². The Labute approximate surface area is 172 Å². The molecule has 3 N–H and O–H groups in total. The Morgan fingerprint density at radius 3 is 2.59 bits per heavy atom. The maximum absolute atomic E-state index is 12.9. The van der Waals surface area contributed by atoms with Crippen molar-refractivity contribution in [1.29, 1.82) is 0 Å². The molecule has 2 aromatic carbocycles. The highest BCUT2D eigenvalue weighted by molar-refractivity contribution is 14.1. The number of phenolic OH excluding ortho intramolecular Hbond substituents is 1. The number of aromatic carboxylic acids is 1. The number of nitrogens with zero attached hydrogens (tertiary/aromatic N) is 1. The molecule has 9 heteroatoms. The number of halogens is 1. The minimum atomic E-state index is -1.15. The van der Waals surface area contributed by atoms with Crippen LogP contribution >= 0.6 is 34.8 Å². The number of hydrogen-bond donors (Lipinski definition) is 3. The number of nitrogens with one attached hydrogen (secondary N) is 1. The summed E-state index contributed by atoms with van der Waals surface area (Å²) in [6.07, 6.45) is 1.38. The van der Waals surface area contributed by atoms with E-state index in [0.717, 1.165) is 4.90 Å². The van der Waals surface area contributed by atoms with Gasteiger partial charge in [0.05, 0.1) is 14.8 Å². The minimum Gasteiger partial charge on any atom is -0.507 e. The van der Waals surface area contributed by atoms with Crippen LogP contribution in [0.3, 0.4) is 0 Å². The number of amides is 2. The molecule has 0 unspecified atom stereocenters. The number of benzene rings is 2. The highest BCUT2D eigenvalue weighted by Crippen LogP contribution is 2.25. The van der Waals surface area contributed by atoms with Crippen LogP contribution in [0.1, 0.15) is 15.9 Å². The van der Waals surface area contributed by atoms with E-state index in [1.807, 2.05) is 22.6 Å². The quantitative estimate of drug-likeness (QED) is 0.262. The van der Waals surface area contributed by atoms with E-state index in [2.05, 4.69) is 5.32 Å². The Hall–Kier alpha value is -2.79. The van der Waals surface area contributed by atoms with E-state index >= 15 is 0 Å². The number of anilines is 1. The number of carboxylic acids is 1. The zero-order valence-electron chi connectivity index (χ0n) is 13.5. The first-order valence-electron chi connectivity index (χ1n) is 7.51. The van der Waals surface area contributed by atoms with Crippen molar-refractivity contribution in [1.82, 2.24) is 5.32 Å². The molecule has 1 saturated heterocycles. The van der Waals surface area contributed by atoms with Crippen molar-refractivity contribution in [2.45, 2.75) is 0 Å². The summed E-state index contributed by atoms with van der Waals surface area (Å²) in [5, 5.41) is 21.0. The first kappa shape index (κ1) is 19.0. The summed E-state index contributed by atoms with van der Waals surface area (Å²) in [4.78, 5) is 37.4. The fourth-order valence-corrected chi connectivity index (χ4v) is 3.27. The SMILES string of the molecule is O=C1NC(=S)N(c2cccc(C(=O)O)c2)C(=O)C1=Cc1ccc(O)c(I)c1. The van der Waals surface area contributed by atoms with Gasteiger partial charge in [-0.1, -0.05) is 12.1 Å². The molecular weight excluding hydrogens is 483 g/mol. The van der Waals surface area contributed by atoms with Crippen molar-refractivity contribution >= 4 is 69.5 Å². The van der Waals surface area contributed by atoms with Gasteiger partial charge < -0.3 is 10.2 Å². The number of carboxylic acid groups (broad SMARTS) is 1. The first-order valence-corrected chi connectivity index (χ1v) is 9.00. The van der Waals surface area contributed by atoms with Crippen molar-refractivity contribution in [2.24, 2.45) is 0 Å². The third-order valence-electron chi connectivity index (χ3n) is 3.74. The van der Waals surface area contributed by atoms with Crippen molar-refractivity contribution < 1.29 is 24.6 Å². The number of carbonyl (C=O) groups is 3. The van der Waals surface area contributed by atoms with Crippen LogP contribution in [0.2, 0.25) is 0 Å². The van der Waals surface area contributed by atoms with Crippen LogP contribution in [0.4, 0.5) is 5.69 Å². The van der Waals surface area contributed by atoms with Crippen LogP contribution in [-0.4, -0.2) is 33.1 Å². The molecule has 3 rings (SSSR count). The number of carbonyl (C=O) groups excluding carboxylic acids is 2. The van der Waals surface area contributed by atoms with Crippen molar-refractivity contribution in [3.8, 4) is 5.75 Å². The van der Waals surface area contributed by atoms with Gasteiger partial charge in [-0.25, -0.2) is 4.79 Å². The van der Waals surface area contributed by atoms with Gasteiger partial charge in [-0.2, -0.15) is 0 Å². The average Bonchev–Trinajstić information content (AvgIpc) is 2.61. The van der Waals surface area contributed by atoms with Gasteiger partial charge in [-0.15, -0.1) is 0 Å². The number of aromatic hydroxyl groups is 1. The van der Waals surface area contributed by atoms with E-state index in [-0.39, 0.29) is 27.7 Å². The lowest BCUT2D eigenvalue weighted by Gasteiger charge is -2.29. The van der Waals surface area contributed by atoms with Gasteiger partial charge in [0, 0.05) is 0 Å². The summed E-state index contributed by atoms with van der Waals surface area (Å²) in [6.45, 7) is 0. The van der Waals surface area contributed by atoms with Crippen LogP contribution < -0.4 is 10.2 Å². The zero-order chi connectivity index (χ0) is 19.7. The van der Waals surface area contributed by atoms with Crippen molar-refractivity contribution in [2.75, 3.05) is 4.90 Å². The molecule has 0 aromatic heterocycles. The smallest absolute Gasteiger partial charge is 0.335 e. The monoisotopic (exact) mass is 494 g/mol. The molecule has 27 heavy (non-hydrogen) atoms. The molecule has 0 spiro atoms. The first-order chi connectivity index (χ1) is 12.8. The van der Waals surface area contributed by atoms with Crippen LogP contribution in [0, 0.1) is 3.57 Å². The van der Waals surface area contributed by atoms with Gasteiger partial charge in [0.2, 0.25) is 0 Å². The van der Waals surface area contributed by atoms with Crippen LogP contribution in [0.25, 0.3) is 6.08 Å². The molecule has 2 aromatic rings. The summed E-state index contributed by atoms with van der Waals surface area (Å²) in [7, 11) is 0. The average molecular weight is 494 g/mol. The van der Waals surface area contributed by atoms with Gasteiger partial charge in [0.15, 0.2) is 5.11 Å². The van der Waals surface area contributed by atoms with E-state index in [9.17, 15) is 19.5 Å². The highest BCUT2D eigenvalue weighted by atomic mass is 127. The normalized spacial score (nSPS) is 15.8. The number of hydrogen-bond acceptors (Lipinski definition) is 5. The van der Waals surface area contributed by atoms with Crippen LogP contribution in [0.5, 0.6) is 5.75 Å². The maximum atomic E-state index is 12.9. The van der Waals surface area contributed by atoms with E-state index in [4.69, 9.17) is 17.3 Å². The topological polar surface area (TPSA) is 107 Å². The Bertz CT molecular complexity index is 1030. The molecule has 0 bridgehead atoms. The molecule has 0 aliphatic carbocycles. The van der Waals surface area contributed by atoms with E-state index in [0.29, 0.717) is 9.13 Å². The highest BCUT2D eigenvalue weighted by Gasteiger charge is 2.34. The molecule has 0 atom stereocenters. The molecule has 136 valence electrons. The largest absolute Gasteiger partial charge is 0.507 e. The third-order valence-corrected chi connectivity index (χ3v) is 4.88. The zero-order valence-corrected chi connectivity index (χ0v) is 16.4. The van der Waals surface area contributed by atoms with Gasteiger partial charge in [-0.3, -0.25) is 19.8 Å². The standard InChI is InChI=1S/C18H11IN2O5S/c19-13-7-9(4-5-14(13)22)6-12-15(23)20-18(27)21(16(12)24)11-3-1-2-10(8-11)17(25)26/h1-8,22H,(H,25,26)(H,20,23,27). The van der Waals surface area contributed by atoms with E-state index in [1.165, 1.54) is 36.4 Å². The fraction of sp³-hybridized carbons (Fsp3) is 0. The lowest BCUT2D eigenvalue weighted by atomic mass is 10.1. The summed E-state index contributed by atoms with van der Waals surface area (Å²) >= 11 is 7.02. The number of phenols is 1. The van der Waals surface area contributed by atoms with Gasteiger partial charge in [0.25, 0.3) is 11.8 Å². The van der Waals surface area contributed by atoms with E-state index in [1.54, 1.807) is 12.1 Å². The predicted molar refractivity (Wildman–Crippen MR) is 110 cm³/mol. The second kappa shape index (κ2) is 7.45. The number of thiocarbonyl (C=S) groups is 1. The molecule has 0 saturated carbocycles. The molecule has 0 radical (unpaired) electrons. The molecule has 1 heterocycles. The van der Waals surface area contributed by atoms with Gasteiger partial charge in [-0.05, 0) is 76.8 Å². The maximum Gasteiger partial charge on any atom is 0.335 e. The molecule has 7 nitrogen and oxygen atoms in total. The summed E-state index contributed by atoms with van der Waals surface area (Å²) in [5.74, 6) is -2.38. The Morgan fingerprint density at radius 2 is 1.93 bits per heavy atom. The molecule has 2 amide bonds. The third kappa shape index (κ3) is 3.83. The molecular formula is C18H11IN2O5S. The second-order valence-electron chi connectivity index (χ2n) is 5.52. The lowest BCUT2D eigenvalue weighted by molar-refractivity contribution is -0.122. The minimum absolute atomic E-state index is 0.0152. The second-order valence-corrected chi connectivity index (χ2v) is 7.07. The van der Waals surface area contributed by atoms with Crippen LogP contribution in [-0.2, 0) is 9.59 Å².